The van der Waals surface area contributed by atoms with Crippen molar-refractivity contribution in [2.24, 2.45) is 11.8 Å². The molecule has 320 valence electrons. The lowest BCUT2D eigenvalue weighted by molar-refractivity contribution is -0.136. The number of piperidine rings is 3. The van der Waals surface area contributed by atoms with Crippen molar-refractivity contribution in [1.29, 1.82) is 5.26 Å². The quantitative estimate of drug-likeness (QED) is 0.156. The highest BCUT2D eigenvalue weighted by Crippen LogP contribution is 2.34. The number of nitrogen functional groups attached to an aromatic ring is 1. The number of rotatable bonds is 12. The van der Waals surface area contributed by atoms with Crippen LogP contribution < -0.4 is 20.7 Å². The number of likely N-dealkylation sites (tertiary alicyclic amines) is 1. The van der Waals surface area contributed by atoms with Crippen LogP contribution in [0, 0.1) is 29.0 Å². The van der Waals surface area contributed by atoms with Crippen molar-refractivity contribution in [2.45, 2.75) is 77.2 Å². The number of ether oxygens (including phenoxy) is 1. The summed E-state index contributed by atoms with van der Waals surface area (Å²) in [5.41, 5.74) is 12.0. The van der Waals surface area contributed by atoms with Crippen molar-refractivity contribution in [3.63, 3.8) is 0 Å². The second-order valence-corrected chi connectivity index (χ2v) is 17.1. The van der Waals surface area contributed by atoms with Crippen LogP contribution in [-0.4, -0.2) is 90.6 Å². The summed E-state index contributed by atoms with van der Waals surface area (Å²) in [5, 5.41) is 17.0. The predicted octanol–water partition coefficient (Wildman–Crippen LogP) is 5.31. The van der Waals surface area contributed by atoms with Crippen LogP contribution in [0.15, 0.2) is 73.4 Å². The first-order valence-corrected chi connectivity index (χ1v) is 21.5. The van der Waals surface area contributed by atoms with Crippen LogP contribution >= 0.6 is 0 Å². The highest BCUT2D eigenvalue weighted by molar-refractivity contribution is 6.05. The summed E-state index contributed by atoms with van der Waals surface area (Å²) in [5.74, 6) is 0.523. The van der Waals surface area contributed by atoms with E-state index in [4.69, 9.17) is 15.6 Å². The molecule has 16 heteroatoms. The van der Waals surface area contributed by atoms with Crippen molar-refractivity contribution in [2.75, 3.05) is 43.4 Å². The number of carbonyl (C=O) groups is 3. The number of nitrogens with one attached hydrogen (secondary N) is 1. The molecule has 5 aromatic rings. The molecule has 3 fully saturated rings. The molecule has 15 nitrogen and oxygen atoms in total. The Balaban J connectivity index is 0.746. The smallest absolute Gasteiger partial charge is 0.255 e. The van der Waals surface area contributed by atoms with Crippen molar-refractivity contribution in [1.82, 2.24) is 39.4 Å². The summed E-state index contributed by atoms with van der Waals surface area (Å²) in [7, 11) is 0. The lowest BCUT2D eigenvalue weighted by atomic mass is 9.92. The second-order valence-electron chi connectivity index (χ2n) is 17.1. The molecule has 62 heavy (non-hydrogen) atoms. The van der Waals surface area contributed by atoms with Crippen molar-refractivity contribution in [3.8, 4) is 23.1 Å². The zero-order chi connectivity index (χ0) is 42.9. The first kappa shape index (κ1) is 40.8. The molecule has 0 radical (unpaired) electrons. The maximum absolute atomic E-state index is 13.9. The van der Waals surface area contributed by atoms with Gasteiger partial charge in [0.2, 0.25) is 11.8 Å². The maximum Gasteiger partial charge on any atom is 0.255 e. The fourth-order valence-corrected chi connectivity index (χ4v) is 9.48. The highest BCUT2D eigenvalue weighted by Gasteiger charge is 2.39. The molecular weight excluding hydrogens is 790 g/mol. The Morgan fingerprint density at radius 2 is 1.76 bits per heavy atom. The van der Waals surface area contributed by atoms with Gasteiger partial charge in [0.1, 0.15) is 24.0 Å². The standard InChI is InChI=1S/C46H50FN11O4/c1-29(33-3-2-4-36(47)17-33)62-41-19-34(22-50-44(41)49)43-39(20-48)51-28-56(43)24-32-21-52-57(26-32)25-31-9-13-54(14-10-31)23-30-11-15-55(16-12-30)37-5-6-38-35(18-37)27-58(46(38)61)40-7-8-42(59)53-45(40)60/h2-6,17-19,21-22,26,28-31,40H,7-16,23-25,27H2,1H3,(H2,49,50)(H,53,59,60)/t29-,40?/m1/s1. The number of nitriles is 1. The number of fused-ring (bicyclic) bond motifs is 1. The minimum absolute atomic E-state index is 0.139. The van der Waals surface area contributed by atoms with Crippen LogP contribution in [0.2, 0.25) is 0 Å². The van der Waals surface area contributed by atoms with E-state index in [-0.39, 0.29) is 41.5 Å². The number of hydrogen-bond acceptors (Lipinski definition) is 11. The summed E-state index contributed by atoms with van der Waals surface area (Å²) in [6.07, 6.45) is 11.8. The third kappa shape index (κ3) is 8.62. The number of benzene rings is 2. The third-order valence-electron chi connectivity index (χ3n) is 12.9. The summed E-state index contributed by atoms with van der Waals surface area (Å²) in [4.78, 5) is 52.6. The van der Waals surface area contributed by atoms with E-state index >= 15 is 0 Å². The lowest BCUT2D eigenvalue weighted by Crippen LogP contribution is -2.52. The Labute approximate surface area is 359 Å². The van der Waals surface area contributed by atoms with Gasteiger partial charge in [0.05, 0.1) is 24.8 Å². The molecule has 9 rings (SSSR count). The molecule has 0 saturated carbocycles. The largest absolute Gasteiger partial charge is 0.482 e. The molecule has 0 spiro atoms. The summed E-state index contributed by atoms with van der Waals surface area (Å²) in [6.45, 7) is 8.68. The van der Waals surface area contributed by atoms with E-state index in [1.54, 1.807) is 35.6 Å². The molecule has 7 heterocycles. The number of nitrogens with zero attached hydrogens (tertiary/aromatic N) is 9. The average Bonchev–Trinajstić information content (AvgIpc) is 3.99. The summed E-state index contributed by atoms with van der Waals surface area (Å²) in [6, 6.07) is 15.6. The number of halogens is 1. The van der Waals surface area contributed by atoms with Gasteiger partial charge < -0.3 is 29.7 Å². The van der Waals surface area contributed by atoms with Crippen molar-refractivity contribution >= 4 is 29.2 Å². The van der Waals surface area contributed by atoms with Gasteiger partial charge in [-0.05, 0) is 111 Å². The Kier molecular flexibility index (Phi) is 11.5. The summed E-state index contributed by atoms with van der Waals surface area (Å²) < 4.78 is 23.9. The first-order chi connectivity index (χ1) is 30.1. The van der Waals surface area contributed by atoms with E-state index in [2.05, 4.69) is 43.4 Å². The number of aromatic nitrogens is 5. The molecule has 0 aliphatic carbocycles. The van der Waals surface area contributed by atoms with Crippen molar-refractivity contribution < 1.29 is 23.5 Å². The van der Waals surface area contributed by atoms with Gasteiger partial charge in [-0.3, -0.25) is 24.4 Å². The van der Waals surface area contributed by atoms with E-state index in [0.717, 1.165) is 81.8 Å². The number of carbonyl (C=O) groups excluding carboxylic acids is 3. The third-order valence-corrected chi connectivity index (χ3v) is 12.9. The van der Waals surface area contributed by atoms with E-state index in [9.17, 15) is 24.0 Å². The molecule has 4 aliphatic rings. The van der Waals surface area contributed by atoms with Gasteiger partial charge in [-0.15, -0.1) is 0 Å². The van der Waals surface area contributed by atoms with Crippen LogP contribution in [0.5, 0.6) is 5.75 Å². The zero-order valence-electron chi connectivity index (χ0n) is 34.8. The van der Waals surface area contributed by atoms with E-state index in [0.29, 0.717) is 59.5 Å². The Bertz CT molecular complexity index is 2530. The number of imidazole rings is 1. The van der Waals surface area contributed by atoms with Gasteiger partial charge in [0, 0.05) is 73.9 Å². The van der Waals surface area contributed by atoms with Crippen LogP contribution in [0.25, 0.3) is 11.3 Å². The molecule has 1 unspecified atom stereocenters. The number of anilines is 2. The zero-order valence-corrected chi connectivity index (χ0v) is 34.8. The maximum atomic E-state index is 13.9. The lowest BCUT2D eigenvalue weighted by Gasteiger charge is -2.38. The molecule has 2 atom stereocenters. The summed E-state index contributed by atoms with van der Waals surface area (Å²) >= 11 is 0. The molecule has 3 aromatic heterocycles. The minimum Gasteiger partial charge on any atom is -0.482 e. The van der Waals surface area contributed by atoms with E-state index < -0.39 is 12.1 Å². The molecule has 2 aromatic carbocycles. The molecule has 3 saturated heterocycles. The van der Waals surface area contributed by atoms with Gasteiger partial charge in [-0.2, -0.15) is 10.4 Å². The highest BCUT2D eigenvalue weighted by atomic mass is 19.1. The topological polar surface area (TPSA) is 181 Å². The minimum atomic E-state index is -0.604. The number of imide groups is 1. The Morgan fingerprint density at radius 3 is 2.53 bits per heavy atom. The predicted molar refractivity (Wildman–Crippen MR) is 228 cm³/mol. The van der Waals surface area contributed by atoms with Crippen molar-refractivity contribution in [3.05, 3.63) is 107 Å². The van der Waals surface area contributed by atoms with Crippen LogP contribution in [0.4, 0.5) is 15.9 Å². The molecule has 3 amide bonds. The fourth-order valence-electron chi connectivity index (χ4n) is 9.48. The van der Waals surface area contributed by atoms with E-state index in [1.807, 2.05) is 34.5 Å². The molecule has 4 aliphatic heterocycles. The SMILES string of the molecule is C[C@@H](Oc1cc(-c2c(C#N)ncn2Cc2cnn(CC3CCN(CC4CCN(c5ccc6c(c5)CN(C5CCC(=O)NC5=O)C6=O)CC4)CC3)c2)cnc1N)c1cccc(F)c1. The number of amides is 3. The monoisotopic (exact) mass is 839 g/mol. The van der Waals surface area contributed by atoms with Gasteiger partial charge in [-0.1, -0.05) is 12.1 Å². The fraction of sp³-hybridized carbons (Fsp3) is 0.413. The Morgan fingerprint density at radius 1 is 0.968 bits per heavy atom. The van der Waals surface area contributed by atoms with Gasteiger partial charge in [0.25, 0.3) is 5.91 Å². The first-order valence-electron chi connectivity index (χ1n) is 21.5. The van der Waals surface area contributed by atoms with Crippen LogP contribution in [0.1, 0.15) is 84.3 Å². The molecule has 0 bridgehead atoms. The normalized spacial score (nSPS) is 19.4. The Hall–Kier alpha value is -6.60. The average molecular weight is 840 g/mol. The molecule has 3 N–H and O–H groups in total. The number of pyridine rings is 1. The van der Waals surface area contributed by atoms with Gasteiger partial charge in [-0.25, -0.2) is 14.4 Å². The van der Waals surface area contributed by atoms with Gasteiger partial charge >= 0.3 is 0 Å². The van der Waals surface area contributed by atoms with Crippen LogP contribution in [0.3, 0.4) is 0 Å². The van der Waals surface area contributed by atoms with E-state index in [1.165, 1.54) is 12.1 Å². The number of hydrogen-bond donors (Lipinski definition) is 2. The second kappa shape index (κ2) is 17.4. The molecular formula is C46H50FN11O4. The van der Waals surface area contributed by atoms with Gasteiger partial charge in [0.15, 0.2) is 17.3 Å². The number of nitrogens with two attached hydrogens (primary N) is 1. The van der Waals surface area contributed by atoms with Crippen LogP contribution in [-0.2, 0) is 29.2 Å².